The zero-order valence-corrected chi connectivity index (χ0v) is 13.0. The van der Waals surface area contributed by atoms with Gasteiger partial charge in [-0.05, 0) is 46.5 Å². The van der Waals surface area contributed by atoms with Crippen LogP contribution in [-0.4, -0.2) is 18.3 Å². The fourth-order valence-electron chi connectivity index (χ4n) is 3.39. The van der Waals surface area contributed by atoms with E-state index < -0.39 is 0 Å². The van der Waals surface area contributed by atoms with Crippen LogP contribution < -0.4 is 0 Å². The fraction of sp³-hybridized carbons (Fsp3) is 1.00. The van der Waals surface area contributed by atoms with Crippen molar-refractivity contribution in [2.45, 2.75) is 90.2 Å². The van der Waals surface area contributed by atoms with Gasteiger partial charge in [0.2, 0.25) is 0 Å². The Bertz CT molecular complexity index is 298. The van der Waals surface area contributed by atoms with Gasteiger partial charge in [-0.3, -0.25) is 0 Å². The van der Waals surface area contributed by atoms with Gasteiger partial charge in [0.05, 0.1) is 11.2 Å². The van der Waals surface area contributed by atoms with Crippen molar-refractivity contribution in [3.63, 3.8) is 0 Å². The van der Waals surface area contributed by atoms with Gasteiger partial charge in [-0.2, -0.15) is 0 Å². The Morgan fingerprint density at radius 2 is 1.56 bits per heavy atom. The Balaban J connectivity index is 2.12. The molecule has 2 nitrogen and oxygen atoms in total. The highest BCUT2D eigenvalue weighted by atomic mass is 16.7. The Morgan fingerprint density at radius 3 is 2.00 bits per heavy atom. The second-order valence-electron chi connectivity index (χ2n) is 7.26. The molecule has 0 radical (unpaired) electrons. The zero-order valence-electron chi connectivity index (χ0n) is 13.0. The maximum absolute atomic E-state index is 6.30. The molecule has 2 aliphatic rings. The third kappa shape index (κ3) is 2.14. The summed E-state index contributed by atoms with van der Waals surface area (Å²) in [6, 6.07) is 0. The van der Waals surface area contributed by atoms with Gasteiger partial charge >= 0.3 is 7.12 Å². The summed E-state index contributed by atoms with van der Waals surface area (Å²) in [5, 5.41) is 0.315. The fourth-order valence-corrected chi connectivity index (χ4v) is 3.39. The largest absolute Gasteiger partial charge is 0.464 e. The highest BCUT2D eigenvalue weighted by Gasteiger charge is 2.68. The van der Waals surface area contributed by atoms with E-state index in [1.54, 1.807) is 0 Å². The number of hydrogen-bond acceptors (Lipinski definition) is 2. The summed E-state index contributed by atoms with van der Waals surface area (Å²) in [6.07, 6.45) is 6.37. The van der Waals surface area contributed by atoms with Crippen molar-refractivity contribution in [2.24, 2.45) is 5.92 Å². The van der Waals surface area contributed by atoms with E-state index in [0.29, 0.717) is 5.31 Å². The average molecular weight is 252 g/mol. The van der Waals surface area contributed by atoms with Crippen LogP contribution in [0.4, 0.5) is 0 Å². The molecule has 0 spiro atoms. The molecule has 0 aromatic heterocycles. The van der Waals surface area contributed by atoms with E-state index in [2.05, 4.69) is 41.5 Å². The summed E-state index contributed by atoms with van der Waals surface area (Å²) in [7, 11) is 0.0130. The van der Waals surface area contributed by atoms with Crippen molar-refractivity contribution in [1.29, 1.82) is 0 Å². The molecule has 1 saturated carbocycles. The summed E-state index contributed by atoms with van der Waals surface area (Å²) in [5.41, 5.74) is -0.366. The monoisotopic (exact) mass is 252 g/mol. The first kappa shape index (κ1) is 14.4. The molecule has 0 N–H and O–H groups in total. The molecule has 0 aromatic rings. The molecular formula is C15H29BO2. The van der Waals surface area contributed by atoms with Crippen LogP contribution in [0, 0.1) is 5.92 Å². The van der Waals surface area contributed by atoms with Gasteiger partial charge < -0.3 is 9.31 Å². The minimum atomic E-state index is -0.183. The second-order valence-corrected chi connectivity index (χ2v) is 7.26. The smallest absolute Gasteiger partial charge is 0.403 e. The first-order valence-electron chi connectivity index (χ1n) is 7.64. The van der Waals surface area contributed by atoms with Gasteiger partial charge in [0.15, 0.2) is 0 Å². The summed E-state index contributed by atoms with van der Waals surface area (Å²) >= 11 is 0. The number of rotatable bonds is 5. The minimum absolute atomic E-state index is 0.0130. The lowest BCUT2D eigenvalue weighted by molar-refractivity contribution is 0.00578. The van der Waals surface area contributed by atoms with Gasteiger partial charge in [0.25, 0.3) is 0 Å². The molecular weight excluding hydrogens is 223 g/mol. The molecule has 3 heteroatoms. The summed E-state index contributed by atoms with van der Waals surface area (Å²) in [4.78, 5) is 0. The highest BCUT2D eigenvalue weighted by Crippen LogP contribution is 2.69. The lowest BCUT2D eigenvalue weighted by Crippen LogP contribution is -2.41. The molecule has 0 bridgehead atoms. The lowest BCUT2D eigenvalue weighted by Gasteiger charge is -2.32. The van der Waals surface area contributed by atoms with E-state index in [4.69, 9.17) is 9.31 Å². The Hall–Kier alpha value is -0.0151. The molecule has 0 aromatic carbocycles. The molecule has 104 valence electrons. The molecule has 0 amide bonds. The van der Waals surface area contributed by atoms with Gasteiger partial charge in [0, 0.05) is 5.31 Å². The van der Waals surface area contributed by atoms with Crippen LogP contribution in [0.3, 0.4) is 0 Å². The first-order chi connectivity index (χ1) is 8.29. The molecule has 2 atom stereocenters. The van der Waals surface area contributed by atoms with Gasteiger partial charge in [-0.25, -0.2) is 0 Å². The van der Waals surface area contributed by atoms with Crippen LogP contribution in [-0.2, 0) is 9.31 Å². The van der Waals surface area contributed by atoms with E-state index in [1.165, 1.54) is 32.1 Å². The summed E-state index contributed by atoms with van der Waals surface area (Å²) in [5.74, 6) is 0.817. The zero-order chi connectivity index (χ0) is 13.6. The molecule has 2 fully saturated rings. The molecule has 0 unspecified atom stereocenters. The lowest BCUT2D eigenvalue weighted by atomic mass is 9.63. The van der Waals surface area contributed by atoms with Crippen molar-refractivity contribution in [3.05, 3.63) is 0 Å². The topological polar surface area (TPSA) is 18.5 Å². The average Bonchev–Trinajstić information content (AvgIpc) is 2.86. The Morgan fingerprint density at radius 1 is 1.00 bits per heavy atom. The Kier molecular flexibility index (Phi) is 3.62. The van der Waals surface area contributed by atoms with Crippen LogP contribution in [0.5, 0.6) is 0 Å². The third-order valence-corrected chi connectivity index (χ3v) is 5.35. The standard InChI is InChI=1S/C15H29BO2/c1-7-9-12-11-15(12,10-8-2)16-17-13(3,4)14(5,6)18-16/h12H,7-11H2,1-6H3/t12-,15+/m0/s1. The third-order valence-electron chi connectivity index (χ3n) is 5.35. The molecule has 1 heterocycles. The van der Waals surface area contributed by atoms with Crippen molar-refractivity contribution < 1.29 is 9.31 Å². The van der Waals surface area contributed by atoms with Crippen LogP contribution in [0.2, 0.25) is 5.31 Å². The van der Waals surface area contributed by atoms with E-state index in [1.807, 2.05) is 0 Å². The van der Waals surface area contributed by atoms with Crippen molar-refractivity contribution >= 4 is 7.12 Å². The van der Waals surface area contributed by atoms with Crippen LogP contribution in [0.15, 0.2) is 0 Å². The molecule has 2 rings (SSSR count). The molecule has 1 saturated heterocycles. The Labute approximate surface area is 113 Å². The number of hydrogen-bond donors (Lipinski definition) is 0. The minimum Gasteiger partial charge on any atom is -0.403 e. The van der Waals surface area contributed by atoms with Crippen LogP contribution >= 0.6 is 0 Å². The first-order valence-corrected chi connectivity index (χ1v) is 7.64. The SMILES string of the molecule is CCC[C@H]1C[C@@]1(CCC)B1OC(C)(C)C(C)(C)O1. The van der Waals surface area contributed by atoms with Gasteiger partial charge in [0.1, 0.15) is 0 Å². The molecule has 18 heavy (non-hydrogen) atoms. The predicted octanol–water partition coefficient (Wildman–Crippen LogP) is 4.44. The molecule has 1 aliphatic heterocycles. The summed E-state index contributed by atoms with van der Waals surface area (Å²) < 4.78 is 12.6. The van der Waals surface area contributed by atoms with Crippen molar-refractivity contribution in [3.8, 4) is 0 Å². The maximum Gasteiger partial charge on any atom is 0.464 e. The van der Waals surface area contributed by atoms with Crippen molar-refractivity contribution in [1.82, 2.24) is 0 Å². The normalized spacial score (nSPS) is 37.0. The summed E-state index contributed by atoms with van der Waals surface area (Å²) in [6.45, 7) is 13.2. The van der Waals surface area contributed by atoms with E-state index in [9.17, 15) is 0 Å². The van der Waals surface area contributed by atoms with E-state index in [-0.39, 0.29) is 18.3 Å². The van der Waals surface area contributed by atoms with Gasteiger partial charge in [-0.15, -0.1) is 0 Å². The maximum atomic E-state index is 6.30. The second kappa shape index (κ2) is 4.52. The quantitative estimate of drug-likeness (QED) is 0.673. The van der Waals surface area contributed by atoms with E-state index >= 15 is 0 Å². The van der Waals surface area contributed by atoms with Crippen LogP contribution in [0.1, 0.15) is 73.6 Å². The van der Waals surface area contributed by atoms with E-state index in [0.717, 1.165) is 5.92 Å². The highest BCUT2D eigenvalue weighted by molar-refractivity contribution is 6.51. The molecule has 1 aliphatic carbocycles. The van der Waals surface area contributed by atoms with Crippen LogP contribution in [0.25, 0.3) is 0 Å². The predicted molar refractivity (Wildman–Crippen MR) is 76.7 cm³/mol. The van der Waals surface area contributed by atoms with Crippen molar-refractivity contribution in [2.75, 3.05) is 0 Å². The van der Waals surface area contributed by atoms with Gasteiger partial charge in [-0.1, -0.05) is 33.1 Å².